The van der Waals surface area contributed by atoms with Crippen molar-refractivity contribution in [3.63, 3.8) is 0 Å². The minimum atomic E-state index is -0.120. The summed E-state index contributed by atoms with van der Waals surface area (Å²) in [6.45, 7) is 2.05. The quantitative estimate of drug-likeness (QED) is 0.790. The van der Waals surface area contributed by atoms with Crippen LogP contribution in [0.4, 0.5) is 0 Å². The number of nitrogens with two attached hydrogens (primary N) is 1. The number of benzene rings is 2. The first-order valence-corrected chi connectivity index (χ1v) is 7.49. The Morgan fingerprint density at radius 2 is 1.84 bits per heavy atom. The number of halogens is 3. The second kappa shape index (κ2) is 6.27. The third kappa shape index (κ3) is 3.32. The highest BCUT2D eigenvalue weighted by Gasteiger charge is 2.14. The first-order chi connectivity index (χ1) is 9.00. The van der Waals surface area contributed by atoms with Crippen molar-refractivity contribution in [3.05, 3.63) is 67.6 Å². The maximum atomic E-state index is 6.28. The summed E-state index contributed by atoms with van der Waals surface area (Å²) in [6, 6.07) is 11.6. The first-order valence-electron chi connectivity index (χ1n) is 5.94. The van der Waals surface area contributed by atoms with Crippen LogP contribution in [0.1, 0.15) is 22.7 Å². The summed E-state index contributed by atoms with van der Waals surface area (Å²) in [7, 11) is 0. The first kappa shape index (κ1) is 14.9. The predicted octanol–water partition coefficient (Wildman–Crippen LogP) is 5.31. The molecule has 2 rings (SSSR count). The smallest absolute Gasteiger partial charge is 0.0624 e. The molecule has 0 aliphatic carbocycles. The maximum Gasteiger partial charge on any atom is 0.0624 e. The Morgan fingerprint density at radius 3 is 2.58 bits per heavy atom. The number of rotatable bonds is 3. The lowest BCUT2D eigenvalue weighted by atomic mass is 9.98. The molecule has 0 saturated heterocycles. The zero-order valence-corrected chi connectivity index (χ0v) is 13.6. The van der Waals surface area contributed by atoms with Crippen LogP contribution in [0.25, 0.3) is 0 Å². The standard InChI is InChI=1S/C15H14BrCl2N/c1-9-4-2-6-11(14(9)16)13(19)8-10-5-3-7-12(17)15(10)18/h2-7,13H,8,19H2,1H3. The third-order valence-electron chi connectivity index (χ3n) is 3.09. The van der Waals surface area contributed by atoms with Gasteiger partial charge in [-0.3, -0.25) is 0 Å². The molecule has 1 unspecified atom stereocenters. The number of aryl methyl sites for hydroxylation is 1. The van der Waals surface area contributed by atoms with Gasteiger partial charge in [0.25, 0.3) is 0 Å². The highest BCUT2D eigenvalue weighted by molar-refractivity contribution is 9.10. The van der Waals surface area contributed by atoms with Crippen molar-refractivity contribution < 1.29 is 0 Å². The average molecular weight is 359 g/mol. The number of hydrogen-bond donors (Lipinski definition) is 1. The van der Waals surface area contributed by atoms with Gasteiger partial charge in [-0.05, 0) is 36.1 Å². The Kier molecular flexibility index (Phi) is 4.91. The third-order valence-corrected chi connectivity index (χ3v) is 5.03. The minimum absolute atomic E-state index is 0.120. The van der Waals surface area contributed by atoms with Gasteiger partial charge in [-0.25, -0.2) is 0 Å². The van der Waals surface area contributed by atoms with E-state index in [0.717, 1.165) is 15.6 Å². The molecule has 0 heterocycles. The van der Waals surface area contributed by atoms with E-state index in [9.17, 15) is 0 Å². The van der Waals surface area contributed by atoms with Crippen LogP contribution in [-0.2, 0) is 6.42 Å². The molecule has 0 radical (unpaired) electrons. The van der Waals surface area contributed by atoms with Crippen LogP contribution in [-0.4, -0.2) is 0 Å². The second-order valence-corrected chi connectivity index (χ2v) is 6.08. The molecule has 0 aliphatic heterocycles. The lowest BCUT2D eigenvalue weighted by Crippen LogP contribution is -2.14. The van der Waals surface area contributed by atoms with Gasteiger partial charge in [-0.2, -0.15) is 0 Å². The van der Waals surface area contributed by atoms with E-state index in [1.807, 2.05) is 37.3 Å². The molecule has 0 fully saturated rings. The zero-order chi connectivity index (χ0) is 14.0. The van der Waals surface area contributed by atoms with Crippen molar-refractivity contribution >= 4 is 39.1 Å². The molecular formula is C15H14BrCl2N. The van der Waals surface area contributed by atoms with Crippen molar-refractivity contribution in [2.75, 3.05) is 0 Å². The molecule has 2 aromatic rings. The van der Waals surface area contributed by atoms with E-state index in [2.05, 4.69) is 15.9 Å². The molecule has 0 aliphatic rings. The Hall–Kier alpha value is -0.540. The van der Waals surface area contributed by atoms with E-state index in [1.165, 1.54) is 5.56 Å². The Labute approximate surface area is 131 Å². The fourth-order valence-corrected chi connectivity index (χ4v) is 2.97. The summed E-state index contributed by atoms with van der Waals surface area (Å²) in [4.78, 5) is 0. The summed E-state index contributed by atoms with van der Waals surface area (Å²) in [5, 5.41) is 1.15. The Bertz CT molecular complexity index is 599. The topological polar surface area (TPSA) is 26.0 Å². The summed E-state index contributed by atoms with van der Waals surface area (Å²) in [5.74, 6) is 0. The van der Waals surface area contributed by atoms with Crippen molar-refractivity contribution in [2.24, 2.45) is 5.73 Å². The summed E-state index contributed by atoms with van der Waals surface area (Å²) in [5.41, 5.74) is 9.50. The molecule has 0 saturated carbocycles. The van der Waals surface area contributed by atoms with Gasteiger partial charge in [0.2, 0.25) is 0 Å². The molecule has 2 aromatic carbocycles. The molecule has 100 valence electrons. The van der Waals surface area contributed by atoms with E-state index < -0.39 is 0 Å². The lowest BCUT2D eigenvalue weighted by molar-refractivity contribution is 0.717. The predicted molar refractivity (Wildman–Crippen MR) is 86.0 cm³/mol. The second-order valence-electron chi connectivity index (χ2n) is 4.50. The fourth-order valence-electron chi connectivity index (χ4n) is 2.01. The number of hydrogen-bond acceptors (Lipinski definition) is 1. The highest BCUT2D eigenvalue weighted by atomic mass is 79.9. The minimum Gasteiger partial charge on any atom is -0.324 e. The van der Waals surface area contributed by atoms with E-state index >= 15 is 0 Å². The monoisotopic (exact) mass is 357 g/mol. The van der Waals surface area contributed by atoms with Crippen LogP contribution in [0.5, 0.6) is 0 Å². The van der Waals surface area contributed by atoms with Crippen LogP contribution in [0, 0.1) is 6.92 Å². The van der Waals surface area contributed by atoms with Crippen LogP contribution in [0.15, 0.2) is 40.9 Å². The van der Waals surface area contributed by atoms with Crippen molar-refractivity contribution in [1.82, 2.24) is 0 Å². The zero-order valence-electron chi connectivity index (χ0n) is 10.5. The van der Waals surface area contributed by atoms with E-state index in [1.54, 1.807) is 6.07 Å². The molecule has 1 nitrogen and oxygen atoms in total. The van der Waals surface area contributed by atoms with Crippen LogP contribution < -0.4 is 5.73 Å². The SMILES string of the molecule is Cc1cccc(C(N)Cc2cccc(Cl)c2Cl)c1Br. The molecule has 2 N–H and O–H groups in total. The van der Waals surface area contributed by atoms with Gasteiger partial charge in [-0.1, -0.05) is 69.5 Å². The van der Waals surface area contributed by atoms with Crippen LogP contribution in [0.2, 0.25) is 10.0 Å². The largest absolute Gasteiger partial charge is 0.324 e. The van der Waals surface area contributed by atoms with Gasteiger partial charge >= 0.3 is 0 Å². The fraction of sp³-hybridized carbons (Fsp3) is 0.200. The van der Waals surface area contributed by atoms with Crippen molar-refractivity contribution in [2.45, 2.75) is 19.4 Å². The lowest BCUT2D eigenvalue weighted by Gasteiger charge is -2.16. The molecule has 0 amide bonds. The summed E-state index contributed by atoms with van der Waals surface area (Å²) < 4.78 is 1.06. The van der Waals surface area contributed by atoms with E-state index in [4.69, 9.17) is 28.9 Å². The molecule has 19 heavy (non-hydrogen) atoms. The molecule has 0 aromatic heterocycles. The van der Waals surface area contributed by atoms with Gasteiger partial charge in [0.15, 0.2) is 0 Å². The normalized spacial score (nSPS) is 12.5. The van der Waals surface area contributed by atoms with Gasteiger partial charge in [0, 0.05) is 10.5 Å². The summed E-state index contributed by atoms with van der Waals surface area (Å²) in [6.07, 6.45) is 0.654. The highest BCUT2D eigenvalue weighted by Crippen LogP contribution is 2.31. The van der Waals surface area contributed by atoms with Crippen molar-refractivity contribution in [3.8, 4) is 0 Å². The van der Waals surface area contributed by atoms with Crippen LogP contribution >= 0.6 is 39.1 Å². The van der Waals surface area contributed by atoms with E-state index in [0.29, 0.717) is 16.5 Å². The van der Waals surface area contributed by atoms with Gasteiger partial charge in [0.05, 0.1) is 10.0 Å². The van der Waals surface area contributed by atoms with Gasteiger partial charge in [0.1, 0.15) is 0 Å². The average Bonchev–Trinajstić information content (AvgIpc) is 2.38. The van der Waals surface area contributed by atoms with Gasteiger partial charge < -0.3 is 5.73 Å². The Morgan fingerprint density at radius 1 is 1.16 bits per heavy atom. The molecule has 4 heteroatoms. The molecular weight excluding hydrogens is 345 g/mol. The maximum absolute atomic E-state index is 6.28. The Balaban J connectivity index is 2.28. The van der Waals surface area contributed by atoms with E-state index in [-0.39, 0.29) is 6.04 Å². The summed E-state index contributed by atoms with van der Waals surface area (Å²) >= 11 is 15.8. The molecule has 0 spiro atoms. The molecule has 1 atom stereocenters. The molecule has 0 bridgehead atoms. The van der Waals surface area contributed by atoms with Crippen LogP contribution in [0.3, 0.4) is 0 Å². The van der Waals surface area contributed by atoms with Crippen molar-refractivity contribution in [1.29, 1.82) is 0 Å². The van der Waals surface area contributed by atoms with Gasteiger partial charge in [-0.15, -0.1) is 0 Å².